The Morgan fingerprint density at radius 2 is 2.11 bits per heavy atom. The molecule has 0 fully saturated rings. The minimum absolute atomic E-state index is 0.179. The molecule has 18 heavy (non-hydrogen) atoms. The van der Waals surface area contributed by atoms with Crippen LogP contribution < -0.4 is 16.0 Å². The molecule has 2 N–H and O–H groups in total. The van der Waals surface area contributed by atoms with Gasteiger partial charge >= 0.3 is 0 Å². The maximum Gasteiger partial charge on any atom is 0.250 e. The van der Waals surface area contributed by atoms with Gasteiger partial charge in [-0.15, -0.1) is 0 Å². The molecule has 1 heterocycles. The minimum atomic E-state index is -0.452. The first-order valence-corrected chi connectivity index (χ1v) is 5.38. The summed E-state index contributed by atoms with van der Waals surface area (Å²) in [5, 5.41) is 0. The third-order valence-electron chi connectivity index (χ3n) is 2.58. The average molecular weight is 248 g/mol. The summed E-state index contributed by atoms with van der Waals surface area (Å²) in [4.78, 5) is 11.6. The van der Waals surface area contributed by atoms with Crippen LogP contribution >= 0.6 is 0 Å². The smallest absolute Gasteiger partial charge is 0.250 e. The van der Waals surface area contributed by atoms with Gasteiger partial charge in [0.15, 0.2) is 11.6 Å². The van der Waals surface area contributed by atoms with E-state index in [4.69, 9.17) is 10.5 Å². The van der Waals surface area contributed by atoms with Crippen LogP contribution in [0.5, 0.6) is 5.75 Å². The van der Waals surface area contributed by atoms with Crippen molar-refractivity contribution in [1.82, 2.24) is 4.57 Å². The summed E-state index contributed by atoms with van der Waals surface area (Å²) in [5.74, 6) is -0.273. The van der Waals surface area contributed by atoms with Gasteiger partial charge in [0.25, 0.3) is 5.56 Å². The normalized spacial score (nSPS) is 10.3. The molecule has 0 atom stereocenters. The highest BCUT2D eigenvalue weighted by atomic mass is 19.1. The topological polar surface area (TPSA) is 57.2 Å². The van der Waals surface area contributed by atoms with Crippen molar-refractivity contribution in [2.24, 2.45) is 0 Å². The van der Waals surface area contributed by atoms with Crippen LogP contribution in [0, 0.1) is 5.82 Å². The van der Waals surface area contributed by atoms with Gasteiger partial charge in [-0.2, -0.15) is 0 Å². The van der Waals surface area contributed by atoms with Gasteiger partial charge in [0.2, 0.25) is 0 Å². The summed E-state index contributed by atoms with van der Waals surface area (Å²) in [6, 6.07) is 7.50. The number of methoxy groups -OCH3 is 1. The maximum absolute atomic E-state index is 13.5. The van der Waals surface area contributed by atoms with Gasteiger partial charge in [0.1, 0.15) is 0 Å². The van der Waals surface area contributed by atoms with Crippen molar-refractivity contribution >= 4 is 5.69 Å². The van der Waals surface area contributed by atoms with E-state index in [1.54, 1.807) is 6.07 Å². The predicted molar refractivity (Wildman–Crippen MR) is 67.2 cm³/mol. The molecule has 4 nitrogen and oxygen atoms in total. The number of aromatic nitrogens is 1. The first-order valence-electron chi connectivity index (χ1n) is 5.38. The van der Waals surface area contributed by atoms with Crippen molar-refractivity contribution in [2.75, 3.05) is 12.8 Å². The van der Waals surface area contributed by atoms with Crippen LogP contribution in [0.3, 0.4) is 0 Å². The first-order chi connectivity index (χ1) is 8.60. The number of benzene rings is 1. The van der Waals surface area contributed by atoms with E-state index in [2.05, 4.69) is 0 Å². The Balaban J connectivity index is 2.31. The molecular formula is C13H13FN2O2. The van der Waals surface area contributed by atoms with E-state index in [0.717, 1.165) is 0 Å². The van der Waals surface area contributed by atoms with Gasteiger partial charge in [0.05, 0.1) is 13.7 Å². The quantitative estimate of drug-likeness (QED) is 0.898. The molecule has 0 radical (unpaired) electrons. The zero-order valence-electron chi connectivity index (χ0n) is 9.89. The van der Waals surface area contributed by atoms with E-state index in [-0.39, 0.29) is 17.9 Å². The van der Waals surface area contributed by atoms with Crippen LogP contribution in [0.25, 0.3) is 0 Å². The van der Waals surface area contributed by atoms with Gasteiger partial charge < -0.3 is 15.0 Å². The number of pyridine rings is 1. The number of ether oxygens (including phenoxy) is 1. The summed E-state index contributed by atoms with van der Waals surface area (Å²) in [6.45, 7) is 0.269. The standard InChI is InChI=1S/C13H13FN2O2/c1-18-12-4-2-9(6-11(12)14)7-16-8-10(15)3-5-13(16)17/h2-6,8H,7,15H2,1H3. The number of nitrogens with zero attached hydrogens (tertiary/aromatic N) is 1. The molecule has 0 aliphatic heterocycles. The van der Waals surface area contributed by atoms with E-state index in [0.29, 0.717) is 11.3 Å². The second-order valence-corrected chi connectivity index (χ2v) is 3.90. The third-order valence-corrected chi connectivity index (χ3v) is 2.58. The second kappa shape index (κ2) is 4.91. The lowest BCUT2D eigenvalue weighted by atomic mass is 10.2. The molecule has 5 heteroatoms. The summed E-state index contributed by atoms with van der Waals surface area (Å²) >= 11 is 0. The van der Waals surface area contributed by atoms with Gasteiger partial charge in [-0.05, 0) is 23.8 Å². The first kappa shape index (κ1) is 12.2. The fourth-order valence-electron chi connectivity index (χ4n) is 1.68. The van der Waals surface area contributed by atoms with Crippen LogP contribution in [0.15, 0.2) is 41.3 Å². The molecule has 94 valence electrons. The predicted octanol–water partition coefficient (Wildman–Crippen LogP) is 1.63. The van der Waals surface area contributed by atoms with Gasteiger partial charge in [-0.3, -0.25) is 4.79 Å². The largest absolute Gasteiger partial charge is 0.494 e. The van der Waals surface area contributed by atoms with Crippen molar-refractivity contribution in [2.45, 2.75) is 6.54 Å². The van der Waals surface area contributed by atoms with Gasteiger partial charge in [-0.25, -0.2) is 4.39 Å². The van der Waals surface area contributed by atoms with Gasteiger partial charge in [0, 0.05) is 18.0 Å². The van der Waals surface area contributed by atoms with E-state index < -0.39 is 5.82 Å². The van der Waals surface area contributed by atoms with Crippen LogP contribution in [0.4, 0.5) is 10.1 Å². The Labute approximate surface area is 103 Å². The molecule has 2 rings (SSSR count). The molecule has 0 bridgehead atoms. The molecule has 0 unspecified atom stereocenters. The summed E-state index contributed by atoms with van der Waals surface area (Å²) in [5.41, 5.74) is 6.58. The number of nitrogens with two attached hydrogens (primary N) is 1. The number of anilines is 1. The zero-order valence-corrected chi connectivity index (χ0v) is 9.89. The molecule has 1 aromatic carbocycles. The fraction of sp³-hybridized carbons (Fsp3) is 0.154. The number of hydrogen-bond acceptors (Lipinski definition) is 3. The molecular weight excluding hydrogens is 235 g/mol. The molecule has 0 aliphatic carbocycles. The lowest BCUT2D eigenvalue weighted by molar-refractivity contribution is 0.386. The highest BCUT2D eigenvalue weighted by Crippen LogP contribution is 2.18. The van der Waals surface area contributed by atoms with Crippen LogP contribution in [0.2, 0.25) is 0 Å². The van der Waals surface area contributed by atoms with Crippen LogP contribution in [-0.4, -0.2) is 11.7 Å². The number of halogens is 1. The Morgan fingerprint density at radius 1 is 1.33 bits per heavy atom. The van der Waals surface area contributed by atoms with E-state index in [1.165, 1.54) is 42.1 Å². The Hall–Kier alpha value is -2.30. The van der Waals surface area contributed by atoms with Crippen molar-refractivity contribution in [1.29, 1.82) is 0 Å². The number of hydrogen-bond donors (Lipinski definition) is 1. The van der Waals surface area contributed by atoms with Crippen molar-refractivity contribution in [3.63, 3.8) is 0 Å². The van der Waals surface area contributed by atoms with Gasteiger partial charge in [-0.1, -0.05) is 6.07 Å². The second-order valence-electron chi connectivity index (χ2n) is 3.90. The summed E-state index contributed by atoms with van der Waals surface area (Å²) in [6.07, 6.45) is 1.53. The molecule has 0 aliphatic rings. The number of rotatable bonds is 3. The molecule has 0 amide bonds. The molecule has 0 saturated carbocycles. The van der Waals surface area contributed by atoms with E-state index in [1.807, 2.05) is 0 Å². The fourth-order valence-corrected chi connectivity index (χ4v) is 1.68. The van der Waals surface area contributed by atoms with Crippen molar-refractivity contribution in [3.05, 3.63) is 58.3 Å². The Morgan fingerprint density at radius 3 is 2.78 bits per heavy atom. The van der Waals surface area contributed by atoms with Crippen molar-refractivity contribution in [3.8, 4) is 5.75 Å². The molecule has 0 spiro atoms. The zero-order chi connectivity index (χ0) is 13.1. The van der Waals surface area contributed by atoms with E-state index in [9.17, 15) is 9.18 Å². The highest BCUT2D eigenvalue weighted by molar-refractivity contribution is 5.34. The monoisotopic (exact) mass is 248 g/mol. The highest BCUT2D eigenvalue weighted by Gasteiger charge is 2.04. The minimum Gasteiger partial charge on any atom is -0.494 e. The lowest BCUT2D eigenvalue weighted by Crippen LogP contribution is -2.19. The third kappa shape index (κ3) is 2.51. The Kier molecular flexibility index (Phi) is 3.32. The summed E-state index contributed by atoms with van der Waals surface area (Å²) in [7, 11) is 1.40. The lowest BCUT2D eigenvalue weighted by Gasteiger charge is -2.08. The molecule has 1 aromatic heterocycles. The number of nitrogen functional groups attached to an aromatic ring is 1. The average Bonchev–Trinajstić information content (AvgIpc) is 2.34. The maximum atomic E-state index is 13.5. The molecule has 2 aromatic rings. The van der Waals surface area contributed by atoms with Crippen LogP contribution in [0.1, 0.15) is 5.56 Å². The van der Waals surface area contributed by atoms with Crippen molar-refractivity contribution < 1.29 is 9.13 Å². The van der Waals surface area contributed by atoms with E-state index >= 15 is 0 Å². The summed E-state index contributed by atoms with van der Waals surface area (Å²) < 4.78 is 19.8. The molecule has 0 saturated heterocycles. The Bertz CT molecular complexity index is 623. The van der Waals surface area contributed by atoms with Crippen LogP contribution in [-0.2, 0) is 6.54 Å². The SMILES string of the molecule is COc1ccc(Cn2cc(N)ccc2=O)cc1F.